The molecule has 0 saturated carbocycles. The Morgan fingerprint density at radius 3 is 2.81 bits per heavy atom. The first-order chi connectivity index (χ1) is 12.2. The van der Waals surface area contributed by atoms with Gasteiger partial charge >= 0.3 is 0 Å². The molecule has 1 aromatic carbocycles. The van der Waals surface area contributed by atoms with Crippen LogP contribution in [0.1, 0.15) is 29.8 Å². The molecule has 9 nitrogen and oxygen atoms in total. The molecule has 0 aliphatic carbocycles. The van der Waals surface area contributed by atoms with Crippen molar-refractivity contribution in [1.29, 1.82) is 0 Å². The molecule has 1 aliphatic rings. The van der Waals surface area contributed by atoms with Gasteiger partial charge in [-0.2, -0.15) is 5.10 Å². The summed E-state index contributed by atoms with van der Waals surface area (Å²) < 4.78 is 34.3. The summed E-state index contributed by atoms with van der Waals surface area (Å²) in [6.07, 6.45) is 2.02. The Bertz CT molecular complexity index is 996. The number of anilines is 1. The summed E-state index contributed by atoms with van der Waals surface area (Å²) in [6.45, 7) is 5.53. The van der Waals surface area contributed by atoms with Crippen molar-refractivity contribution >= 4 is 27.5 Å². The lowest BCUT2D eigenvalue weighted by Gasteiger charge is -2.24. The lowest BCUT2D eigenvalue weighted by Crippen LogP contribution is -2.35. The van der Waals surface area contributed by atoms with Gasteiger partial charge in [-0.1, -0.05) is 0 Å². The molecular formula is C16H18N4O5S. The van der Waals surface area contributed by atoms with Crippen molar-refractivity contribution in [2.45, 2.75) is 38.3 Å². The third kappa shape index (κ3) is 3.27. The molecule has 0 bridgehead atoms. The standard InChI is InChI=1S/C16H18N4O5S/c1-4-20-8-11(7-17-20)16(22)19-26(23,24)14-6-13-12(5-9(14)2)18-15(21)10(3)25-13/h5-8,10H,4H2,1-3H3,(H,18,21)(H,19,22). The molecule has 138 valence electrons. The van der Waals surface area contributed by atoms with E-state index in [9.17, 15) is 18.0 Å². The number of carbonyl (C=O) groups is 2. The van der Waals surface area contributed by atoms with Crippen LogP contribution >= 0.6 is 0 Å². The minimum atomic E-state index is -4.13. The number of sulfonamides is 1. The van der Waals surface area contributed by atoms with Gasteiger partial charge in [0.05, 0.1) is 22.3 Å². The number of hydrogen-bond acceptors (Lipinski definition) is 6. The predicted molar refractivity (Wildman–Crippen MR) is 92.5 cm³/mol. The summed E-state index contributed by atoms with van der Waals surface area (Å²) in [4.78, 5) is 23.8. The first-order valence-electron chi connectivity index (χ1n) is 7.93. The Morgan fingerprint density at radius 1 is 1.42 bits per heavy atom. The molecule has 2 N–H and O–H groups in total. The van der Waals surface area contributed by atoms with Crippen molar-refractivity contribution in [3.63, 3.8) is 0 Å². The molecule has 3 rings (SSSR count). The zero-order valence-electron chi connectivity index (χ0n) is 14.4. The van der Waals surface area contributed by atoms with E-state index in [4.69, 9.17) is 4.74 Å². The largest absolute Gasteiger partial charge is 0.479 e. The Kier molecular flexibility index (Phi) is 4.45. The van der Waals surface area contributed by atoms with Crippen molar-refractivity contribution in [2.24, 2.45) is 0 Å². The fourth-order valence-corrected chi connectivity index (χ4v) is 3.74. The van der Waals surface area contributed by atoms with Crippen molar-refractivity contribution in [3.05, 3.63) is 35.7 Å². The molecular weight excluding hydrogens is 360 g/mol. The Labute approximate surface area is 150 Å². The van der Waals surface area contributed by atoms with Gasteiger partial charge in [0.1, 0.15) is 5.75 Å². The summed E-state index contributed by atoms with van der Waals surface area (Å²) in [7, 11) is -4.13. The number of nitrogens with zero attached hydrogens (tertiary/aromatic N) is 2. The molecule has 0 fully saturated rings. The van der Waals surface area contributed by atoms with Gasteiger partial charge in [-0.25, -0.2) is 13.1 Å². The van der Waals surface area contributed by atoms with Crippen molar-refractivity contribution in [3.8, 4) is 5.75 Å². The molecule has 2 aromatic rings. The van der Waals surface area contributed by atoms with Crippen LogP contribution in [0.4, 0.5) is 5.69 Å². The summed E-state index contributed by atoms with van der Waals surface area (Å²) in [5, 5.41) is 6.60. The minimum Gasteiger partial charge on any atom is -0.479 e. The number of ether oxygens (including phenoxy) is 1. The SMILES string of the molecule is CCn1cc(C(=O)NS(=O)(=O)c2cc3c(cc2C)NC(=O)C(C)O3)cn1. The molecule has 26 heavy (non-hydrogen) atoms. The monoisotopic (exact) mass is 378 g/mol. The normalized spacial score (nSPS) is 16.4. The Hall–Kier alpha value is -2.88. The molecule has 1 unspecified atom stereocenters. The van der Waals surface area contributed by atoms with E-state index in [0.29, 0.717) is 17.8 Å². The Morgan fingerprint density at radius 2 is 2.15 bits per heavy atom. The van der Waals surface area contributed by atoms with Crippen LogP contribution in [0, 0.1) is 6.92 Å². The van der Waals surface area contributed by atoms with Crippen LogP contribution in [0.25, 0.3) is 0 Å². The first kappa shape index (κ1) is 17.9. The lowest BCUT2D eigenvalue weighted by molar-refractivity contribution is -0.122. The van der Waals surface area contributed by atoms with Gasteiger partial charge in [0.25, 0.3) is 21.8 Å². The number of hydrogen-bond donors (Lipinski definition) is 2. The molecule has 0 spiro atoms. The second-order valence-electron chi connectivity index (χ2n) is 5.88. The maximum atomic E-state index is 12.6. The third-order valence-corrected chi connectivity index (χ3v) is 5.42. The highest BCUT2D eigenvalue weighted by atomic mass is 32.2. The van der Waals surface area contributed by atoms with Crippen LogP contribution in [-0.2, 0) is 21.4 Å². The van der Waals surface area contributed by atoms with Crippen LogP contribution in [0.3, 0.4) is 0 Å². The highest BCUT2D eigenvalue weighted by Crippen LogP contribution is 2.34. The minimum absolute atomic E-state index is 0.101. The smallest absolute Gasteiger partial charge is 0.268 e. The highest BCUT2D eigenvalue weighted by molar-refractivity contribution is 7.90. The average molecular weight is 378 g/mol. The molecule has 0 radical (unpaired) electrons. The van der Waals surface area contributed by atoms with Gasteiger partial charge in [-0.3, -0.25) is 14.3 Å². The fraction of sp³-hybridized carbons (Fsp3) is 0.312. The van der Waals surface area contributed by atoms with E-state index < -0.39 is 22.0 Å². The van der Waals surface area contributed by atoms with Crippen molar-refractivity contribution < 1.29 is 22.7 Å². The Balaban J connectivity index is 1.91. The third-order valence-electron chi connectivity index (χ3n) is 3.94. The van der Waals surface area contributed by atoms with E-state index in [2.05, 4.69) is 10.4 Å². The van der Waals surface area contributed by atoms with E-state index in [1.807, 2.05) is 11.6 Å². The van der Waals surface area contributed by atoms with Crippen LogP contribution in [-0.4, -0.2) is 36.1 Å². The van der Waals surface area contributed by atoms with E-state index in [1.54, 1.807) is 13.8 Å². The fourth-order valence-electron chi connectivity index (χ4n) is 2.52. The lowest BCUT2D eigenvalue weighted by atomic mass is 10.1. The maximum absolute atomic E-state index is 12.6. The predicted octanol–water partition coefficient (Wildman–Crippen LogP) is 1.05. The van der Waals surface area contributed by atoms with Gasteiger partial charge < -0.3 is 10.1 Å². The van der Waals surface area contributed by atoms with Gasteiger partial charge in [-0.05, 0) is 32.4 Å². The molecule has 1 aliphatic heterocycles. The molecule has 2 heterocycles. The summed E-state index contributed by atoms with van der Waals surface area (Å²) >= 11 is 0. The summed E-state index contributed by atoms with van der Waals surface area (Å²) in [6, 6.07) is 2.79. The summed E-state index contributed by atoms with van der Waals surface area (Å²) in [5.41, 5.74) is 0.898. The summed E-state index contributed by atoms with van der Waals surface area (Å²) in [5.74, 6) is -0.854. The van der Waals surface area contributed by atoms with Gasteiger partial charge in [-0.15, -0.1) is 0 Å². The van der Waals surface area contributed by atoms with Crippen LogP contribution in [0.2, 0.25) is 0 Å². The molecule has 2 amide bonds. The zero-order chi connectivity index (χ0) is 19.1. The van der Waals surface area contributed by atoms with Gasteiger partial charge in [0.15, 0.2) is 6.10 Å². The van der Waals surface area contributed by atoms with Gasteiger partial charge in [0.2, 0.25) is 0 Å². The number of rotatable bonds is 4. The molecule has 0 saturated heterocycles. The topological polar surface area (TPSA) is 119 Å². The van der Waals surface area contributed by atoms with E-state index in [-0.39, 0.29) is 22.1 Å². The number of aryl methyl sites for hydroxylation is 2. The second-order valence-corrected chi connectivity index (χ2v) is 7.53. The van der Waals surface area contributed by atoms with E-state index in [0.717, 1.165) is 0 Å². The van der Waals surface area contributed by atoms with Crippen LogP contribution < -0.4 is 14.8 Å². The quantitative estimate of drug-likeness (QED) is 0.821. The highest BCUT2D eigenvalue weighted by Gasteiger charge is 2.28. The number of fused-ring (bicyclic) bond motifs is 1. The second kappa shape index (κ2) is 6.45. The molecule has 1 aromatic heterocycles. The first-order valence-corrected chi connectivity index (χ1v) is 9.41. The molecule has 1 atom stereocenters. The maximum Gasteiger partial charge on any atom is 0.268 e. The number of aromatic nitrogens is 2. The molecule has 10 heteroatoms. The van der Waals surface area contributed by atoms with E-state index >= 15 is 0 Å². The average Bonchev–Trinajstić information content (AvgIpc) is 3.04. The van der Waals surface area contributed by atoms with Crippen molar-refractivity contribution in [2.75, 3.05) is 5.32 Å². The number of nitrogens with one attached hydrogen (secondary N) is 2. The zero-order valence-corrected chi connectivity index (χ0v) is 15.3. The van der Waals surface area contributed by atoms with E-state index in [1.165, 1.54) is 29.2 Å². The van der Waals surface area contributed by atoms with Crippen LogP contribution in [0.15, 0.2) is 29.4 Å². The number of amides is 2. The van der Waals surface area contributed by atoms with Gasteiger partial charge in [0, 0.05) is 18.8 Å². The van der Waals surface area contributed by atoms with Crippen LogP contribution in [0.5, 0.6) is 5.75 Å². The van der Waals surface area contributed by atoms with Crippen molar-refractivity contribution in [1.82, 2.24) is 14.5 Å². The number of carbonyl (C=O) groups excluding carboxylic acids is 2. The number of benzene rings is 1.